The van der Waals surface area contributed by atoms with Crippen LogP contribution in [0.15, 0.2) is 48.5 Å². The largest absolute Gasteiger partial charge is 0.484 e. The maximum atomic E-state index is 11.9. The van der Waals surface area contributed by atoms with Gasteiger partial charge in [0.1, 0.15) is 5.75 Å². The number of halogens is 1. The van der Waals surface area contributed by atoms with E-state index in [1.807, 2.05) is 24.3 Å². The summed E-state index contributed by atoms with van der Waals surface area (Å²) < 4.78 is 5.41. The van der Waals surface area contributed by atoms with Crippen molar-refractivity contribution >= 4 is 23.4 Å². The number of amides is 2. The van der Waals surface area contributed by atoms with Crippen molar-refractivity contribution in [2.24, 2.45) is 0 Å². The first-order chi connectivity index (χ1) is 12.1. The molecule has 0 saturated heterocycles. The highest BCUT2D eigenvalue weighted by Crippen LogP contribution is 2.12. The van der Waals surface area contributed by atoms with Crippen LogP contribution in [-0.4, -0.2) is 31.5 Å². The molecule has 2 amide bonds. The molecule has 0 saturated carbocycles. The second-order valence-corrected chi connectivity index (χ2v) is 5.84. The van der Waals surface area contributed by atoms with Gasteiger partial charge in [0.2, 0.25) is 0 Å². The molecule has 0 spiro atoms. The molecule has 2 aromatic carbocycles. The summed E-state index contributed by atoms with van der Waals surface area (Å²) >= 11 is 5.78. The van der Waals surface area contributed by atoms with E-state index in [1.54, 1.807) is 24.3 Å². The summed E-state index contributed by atoms with van der Waals surface area (Å²) in [4.78, 5) is 23.6. The molecule has 0 aliphatic heterocycles. The van der Waals surface area contributed by atoms with Crippen LogP contribution in [0.5, 0.6) is 5.75 Å². The van der Waals surface area contributed by atoms with Crippen LogP contribution in [0.3, 0.4) is 0 Å². The molecule has 6 heteroatoms. The highest BCUT2D eigenvalue weighted by Gasteiger charge is 2.06. The molecule has 132 valence electrons. The van der Waals surface area contributed by atoms with E-state index in [4.69, 9.17) is 16.3 Å². The van der Waals surface area contributed by atoms with Crippen molar-refractivity contribution in [3.8, 4) is 5.75 Å². The average molecular weight is 361 g/mol. The highest BCUT2D eigenvalue weighted by molar-refractivity contribution is 6.30. The summed E-state index contributed by atoms with van der Waals surface area (Å²) in [7, 11) is 0. The Morgan fingerprint density at radius 3 is 2.24 bits per heavy atom. The van der Waals surface area contributed by atoms with Gasteiger partial charge in [-0.2, -0.15) is 0 Å². The van der Waals surface area contributed by atoms with Gasteiger partial charge in [0.05, 0.1) is 0 Å². The lowest BCUT2D eigenvalue weighted by Gasteiger charge is -2.09. The van der Waals surface area contributed by atoms with E-state index < -0.39 is 0 Å². The van der Waals surface area contributed by atoms with Gasteiger partial charge < -0.3 is 15.4 Å². The lowest BCUT2D eigenvalue weighted by molar-refractivity contribution is -0.123. The van der Waals surface area contributed by atoms with Crippen LogP contribution in [0.25, 0.3) is 0 Å². The van der Waals surface area contributed by atoms with Crippen LogP contribution >= 0.6 is 11.6 Å². The zero-order valence-electron chi connectivity index (χ0n) is 14.0. The Labute approximate surface area is 152 Å². The van der Waals surface area contributed by atoms with Crippen molar-refractivity contribution in [2.75, 3.05) is 19.7 Å². The maximum absolute atomic E-state index is 11.9. The predicted molar refractivity (Wildman–Crippen MR) is 98.1 cm³/mol. The van der Waals surface area contributed by atoms with Gasteiger partial charge in [0, 0.05) is 23.7 Å². The molecule has 0 fully saturated rings. The summed E-state index contributed by atoms with van der Waals surface area (Å²) in [5.74, 6) is 0.210. The predicted octanol–water partition coefficient (Wildman–Crippen LogP) is 2.83. The van der Waals surface area contributed by atoms with Crippen molar-refractivity contribution in [3.05, 3.63) is 64.7 Å². The SMILES string of the molecule is CCc1ccc(OCC(=O)NCCNC(=O)c2ccc(Cl)cc2)cc1. The Morgan fingerprint density at radius 1 is 0.960 bits per heavy atom. The summed E-state index contributed by atoms with van der Waals surface area (Å²) in [5, 5.41) is 5.99. The lowest BCUT2D eigenvalue weighted by Crippen LogP contribution is -2.36. The van der Waals surface area contributed by atoms with Gasteiger partial charge in [0.15, 0.2) is 6.61 Å². The van der Waals surface area contributed by atoms with E-state index in [0.717, 1.165) is 6.42 Å². The third kappa shape index (κ3) is 6.47. The molecule has 0 aliphatic rings. The van der Waals surface area contributed by atoms with Crippen LogP contribution in [-0.2, 0) is 11.2 Å². The summed E-state index contributed by atoms with van der Waals surface area (Å²) in [6.45, 7) is 2.68. The van der Waals surface area contributed by atoms with Crippen LogP contribution in [0.1, 0.15) is 22.8 Å². The number of carbonyl (C=O) groups excluding carboxylic acids is 2. The number of aryl methyl sites for hydroxylation is 1. The number of carbonyl (C=O) groups is 2. The zero-order valence-corrected chi connectivity index (χ0v) is 14.8. The third-order valence-electron chi connectivity index (χ3n) is 3.54. The minimum atomic E-state index is -0.236. The van der Waals surface area contributed by atoms with Gasteiger partial charge in [-0.3, -0.25) is 9.59 Å². The molecule has 2 aromatic rings. The number of benzene rings is 2. The normalized spacial score (nSPS) is 10.2. The minimum absolute atomic E-state index is 0.0589. The van der Waals surface area contributed by atoms with Gasteiger partial charge in [0.25, 0.3) is 11.8 Å². The standard InChI is InChI=1S/C19H21ClN2O3/c1-2-14-3-9-17(10-4-14)25-13-18(23)21-11-12-22-19(24)15-5-7-16(20)8-6-15/h3-10H,2,11-13H2,1H3,(H,21,23)(H,22,24). The fourth-order valence-electron chi connectivity index (χ4n) is 2.10. The van der Waals surface area contributed by atoms with Gasteiger partial charge in [-0.25, -0.2) is 0 Å². The van der Waals surface area contributed by atoms with Crippen molar-refractivity contribution < 1.29 is 14.3 Å². The maximum Gasteiger partial charge on any atom is 0.258 e. The Kier molecular flexibility index (Phi) is 7.29. The van der Waals surface area contributed by atoms with E-state index in [-0.39, 0.29) is 18.4 Å². The van der Waals surface area contributed by atoms with Crippen molar-refractivity contribution in [1.29, 1.82) is 0 Å². The van der Waals surface area contributed by atoms with E-state index >= 15 is 0 Å². The molecule has 0 heterocycles. The minimum Gasteiger partial charge on any atom is -0.484 e. The quantitative estimate of drug-likeness (QED) is 0.711. The van der Waals surface area contributed by atoms with Gasteiger partial charge >= 0.3 is 0 Å². The Hall–Kier alpha value is -2.53. The molecule has 0 atom stereocenters. The first-order valence-corrected chi connectivity index (χ1v) is 8.48. The first-order valence-electron chi connectivity index (χ1n) is 8.10. The third-order valence-corrected chi connectivity index (χ3v) is 3.79. The molecule has 0 bridgehead atoms. The Bertz CT molecular complexity index is 700. The van der Waals surface area contributed by atoms with Gasteiger partial charge in [-0.05, 0) is 48.4 Å². The molecular weight excluding hydrogens is 340 g/mol. The van der Waals surface area contributed by atoms with Crippen molar-refractivity contribution in [3.63, 3.8) is 0 Å². The van der Waals surface area contributed by atoms with Crippen LogP contribution in [0.2, 0.25) is 5.02 Å². The molecule has 2 N–H and O–H groups in total. The fraction of sp³-hybridized carbons (Fsp3) is 0.263. The van der Waals surface area contributed by atoms with Crippen molar-refractivity contribution in [2.45, 2.75) is 13.3 Å². The number of hydrogen-bond donors (Lipinski definition) is 2. The zero-order chi connectivity index (χ0) is 18.1. The van der Waals surface area contributed by atoms with Gasteiger partial charge in [-0.1, -0.05) is 30.7 Å². The van der Waals surface area contributed by atoms with Crippen LogP contribution in [0, 0.1) is 0 Å². The second kappa shape index (κ2) is 9.69. The Morgan fingerprint density at radius 2 is 1.60 bits per heavy atom. The lowest BCUT2D eigenvalue weighted by atomic mass is 10.2. The summed E-state index contributed by atoms with van der Waals surface area (Å²) in [5.41, 5.74) is 1.74. The summed E-state index contributed by atoms with van der Waals surface area (Å²) in [6.07, 6.45) is 0.961. The number of rotatable bonds is 8. The van der Waals surface area contributed by atoms with E-state index in [9.17, 15) is 9.59 Å². The molecular formula is C19H21ClN2O3. The van der Waals surface area contributed by atoms with E-state index in [1.165, 1.54) is 5.56 Å². The van der Waals surface area contributed by atoms with Crippen LogP contribution in [0.4, 0.5) is 0 Å². The monoisotopic (exact) mass is 360 g/mol. The van der Waals surface area contributed by atoms with Crippen LogP contribution < -0.4 is 15.4 Å². The number of ether oxygens (including phenoxy) is 1. The highest BCUT2D eigenvalue weighted by atomic mass is 35.5. The smallest absolute Gasteiger partial charge is 0.258 e. The molecule has 0 aromatic heterocycles. The number of nitrogens with one attached hydrogen (secondary N) is 2. The molecule has 2 rings (SSSR count). The second-order valence-electron chi connectivity index (χ2n) is 5.40. The average Bonchev–Trinajstić information content (AvgIpc) is 2.64. The number of hydrogen-bond acceptors (Lipinski definition) is 3. The first kappa shape index (κ1) is 18.8. The molecule has 25 heavy (non-hydrogen) atoms. The molecule has 0 radical (unpaired) electrons. The van der Waals surface area contributed by atoms with E-state index in [2.05, 4.69) is 17.6 Å². The summed E-state index contributed by atoms with van der Waals surface area (Å²) in [6, 6.07) is 14.2. The van der Waals surface area contributed by atoms with E-state index in [0.29, 0.717) is 29.4 Å². The molecule has 0 unspecified atom stereocenters. The molecule has 0 aliphatic carbocycles. The molecule has 5 nitrogen and oxygen atoms in total. The Balaban J connectivity index is 1.63. The van der Waals surface area contributed by atoms with Gasteiger partial charge in [-0.15, -0.1) is 0 Å². The topological polar surface area (TPSA) is 67.4 Å². The fourth-order valence-corrected chi connectivity index (χ4v) is 2.23. The van der Waals surface area contributed by atoms with Crippen molar-refractivity contribution in [1.82, 2.24) is 10.6 Å².